The maximum atomic E-state index is 12.8. The van der Waals surface area contributed by atoms with Gasteiger partial charge in [0.15, 0.2) is 0 Å². The first kappa shape index (κ1) is 17.0. The number of benzene rings is 1. The predicted octanol–water partition coefficient (Wildman–Crippen LogP) is 1.51. The largest absolute Gasteiger partial charge is 0.355 e. The molecule has 5 heteroatoms. The third-order valence-corrected chi connectivity index (χ3v) is 4.88. The van der Waals surface area contributed by atoms with Crippen molar-refractivity contribution < 1.29 is 9.59 Å². The van der Waals surface area contributed by atoms with Gasteiger partial charge in [-0.2, -0.15) is 12.6 Å². The van der Waals surface area contributed by atoms with Crippen molar-refractivity contribution >= 4 is 24.3 Å². The number of carbonyl (C=O) groups is 2. The van der Waals surface area contributed by atoms with E-state index in [4.69, 9.17) is 5.73 Å². The highest BCUT2D eigenvalue weighted by Gasteiger charge is 2.35. The molecule has 0 spiro atoms. The van der Waals surface area contributed by atoms with Crippen LogP contribution in [0.1, 0.15) is 24.0 Å². The molecule has 1 heterocycles. The Kier molecular flexibility index (Phi) is 6.03. The van der Waals surface area contributed by atoms with Gasteiger partial charge in [-0.1, -0.05) is 24.3 Å². The van der Waals surface area contributed by atoms with Crippen molar-refractivity contribution in [3.63, 3.8) is 0 Å². The standard InChI is InChI=1S/C17H24N2O2S/c1-11-5-2-3-6-12(11)9-13(10-22)16(20)14-7-4-8-19-17(21)15(14)18/h2-3,5-6,13-15,22H,4,7-10,18H2,1H3,(H,19,21)/t13-,14+,15?/m1/s1. The smallest absolute Gasteiger partial charge is 0.237 e. The molecule has 1 aromatic carbocycles. The highest BCUT2D eigenvalue weighted by atomic mass is 32.1. The van der Waals surface area contributed by atoms with Gasteiger partial charge in [-0.15, -0.1) is 0 Å². The molecule has 1 aromatic rings. The topological polar surface area (TPSA) is 72.2 Å². The Bertz CT molecular complexity index is 547. The monoisotopic (exact) mass is 320 g/mol. The van der Waals surface area contributed by atoms with Crippen molar-refractivity contribution in [1.29, 1.82) is 0 Å². The van der Waals surface area contributed by atoms with Crippen molar-refractivity contribution in [3.8, 4) is 0 Å². The first-order valence-electron chi connectivity index (χ1n) is 7.77. The van der Waals surface area contributed by atoms with Crippen LogP contribution in [0.25, 0.3) is 0 Å². The lowest BCUT2D eigenvalue weighted by Crippen LogP contribution is -2.47. The number of carbonyl (C=O) groups excluding carboxylic acids is 2. The Labute approximate surface area is 137 Å². The SMILES string of the molecule is Cc1ccccc1C[C@H](CS)C(=O)[C@H]1CCCNC(=O)C1N. The van der Waals surface area contributed by atoms with Crippen LogP contribution in [0, 0.1) is 18.8 Å². The fourth-order valence-electron chi connectivity index (χ4n) is 3.00. The summed E-state index contributed by atoms with van der Waals surface area (Å²) in [6, 6.07) is 7.31. The Morgan fingerprint density at radius 2 is 2.18 bits per heavy atom. The number of rotatable bonds is 5. The molecule has 0 bridgehead atoms. The molecule has 1 aliphatic heterocycles. The number of thiol groups is 1. The van der Waals surface area contributed by atoms with Gasteiger partial charge < -0.3 is 11.1 Å². The number of hydrogen-bond donors (Lipinski definition) is 3. The van der Waals surface area contributed by atoms with E-state index in [9.17, 15) is 9.59 Å². The van der Waals surface area contributed by atoms with E-state index in [1.165, 1.54) is 5.56 Å². The lowest BCUT2D eigenvalue weighted by Gasteiger charge is -2.24. The summed E-state index contributed by atoms with van der Waals surface area (Å²) < 4.78 is 0. The zero-order valence-corrected chi connectivity index (χ0v) is 13.8. The minimum absolute atomic E-state index is 0.0720. The highest BCUT2D eigenvalue weighted by molar-refractivity contribution is 7.80. The Morgan fingerprint density at radius 3 is 2.86 bits per heavy atom. The molecule has 0 saturated carbocycles. The van der Waals surface area contributed by atoms with Crippen LogP contribution in [-0.2, 0) is 16.0 Å². The van der Waals surface area contributed by atoms with E-state index in [1.54, 1.807) is 0 Å². The molecule has 2 rings (SSSR count). The van der Waals surface area contributed by atoms with E-state index in [0.29, 0.717) is 25.1 Å². The van der Waals surface area contributed by atoms with Crippen LogP contribution in [0.3, 0.4) is 0 Å². The molecule has 120 valence electrons. The van der Waals surface area contributed by atoms with Gasteiger partial charge in [-0.25, -0.2) is 0 Å². The Morgan fingerprint density at radius 1 is 1.45 bits per heavy atom. The zero-order chi connectivity index (χ0) is 16.1. The quantitative estimate of drug-likeness (QED) is 0.720. The average molecular weight is 320 g/mol. The summed E-state index contributed by atoms with van der Waals surface area (Å²) in [4.78, 5) is 24.7. The number of aryl methyl sites for hydroxylation is 1. The van der Waals surface area contributed by atoms with Gasteiger partial charge in [0.25, 0.3) is 0 Å². The highest BCUT2D eigenvalue weighted by Crippen LogP contribution is 2.23. The van der Waals surface area contributed by atoms with Crippen molar-refractivity contribution in [1.82, 2.24) is 5.32 Å². The minimum atomic E-state index is -0.741. The molecule has 22 heavy (non-hydrogen) atoms. The molecule has 1 aliphatic rings. The molecule has 0 aromatic heterocycles. The predicted molar refractivity (Wildman–Crippen MR) is 90.9 cm³/mol. The maximum Gasteiger partial charge on any atom is 0.237 e. The molecular weight excluding hydrogens is 296 g/mol. The molecule has 1 saturated heterocycles. The number of ketones is 1. The van der Waals surface area contributed by atoms with Gasteiger partial charge in [0, 0.05) is 24.1 Å². The van der Waals surface area contributed by atoms with E-state index < -0.39 is 12.0 Å². The third-order valence-electron chi connectivity index (χ3n) is 4.44. The van der Waals surface area contributed by atoms with Gasteiger partial charge in [0.05, 0.1) is 6.04 Å². The van der Waals surface area contributed by atoms with Gasteiger partial charge in [0.1, 0.15) is 5.78 Å². The van der Waals surface area contributed by atoms with Gasteiger partial charge in [0.2, 0.25) is 5.91 Å². The summed E-state index contributed by atoms with van der Waals surface area (Å²) >= 11 is 4.36. The Hall–Kier alpha value is -1.33. The van der Waals surface area contributed by atoms with E-state index in [2.05, 4.69) is 17.9 Å². The summed E-state index contributed by atoms with van der Waals surface area (Å²) in [5, 5.41) is 2.76. The van der Waals surface area contributed by atoms with Crippen LogP contribution >= 0.6 is 12.6 Å². The van der Waals surface area contributed by atoms with E-state index in [-0.39, 0.29) is 17.6 Å². The van der Waals surface area contributed by atoms with Gasteiger partial charge in [-0.05, 0) is 37.3 Å². The maximum absolute atomic E-state index is 12.8. The second-order valence-corrected chi connectivity index (χ2v) is 6.34. The fourth-order valence-corrected chi connectivity index (χ4v) is 3.30. The molecule has 4 nitrogen and oxygen atoms in total. The van der Waals surface area contributed by atoms with Crippen molar-refractivity contribution in [2.24, 2.45) is 17.6 Å². The normalized spacial score (nSPS) is 23.5. The van der Waals surface area contributed by atoms with Gasteiger partial charge in [-0.3, -0.25) is 9.59 Å². The summed E-state index contributed by atoms with van der Waals surface area (Å²) in [5.41, 5.74) is 8.31. The molecule has 0 radical (unpaired) electrons. The minimum Gasteiger partial charge on any atom is -0.355 e. The van der Waals surface area contributed by atoms with Crippen LogP contribution in [0.5, 0.6) is 0 Å². The third kappa shape index (κ3) is 3.90. The van der Waals surface area contributed by atoms with Crippen LogP contribution in [0.15, 0.2) is 24.3 Å². The number of amides is 1. The van der Waals surface area contributed by atoms with Crippen LogP contribution in [0.4, 0.5) is 0 Å². The van der Waals surface area contributed by atoms with Crippen LogP contribution in [-0.4, -0.2) is 30.0 Å². The molecule has 3 N–H and O–H groups in total. The second kappa shape index (κ2) is 7.79. The summed E-state index contributed by atoms with van der Waals surface area (Å²) in [6.45, 7) is 2.64. The zero-order valence-electron chi connectivity index (χ0n) is 12.9. The summed E-state index contributed by atoms with van der Waals surface area (Å²) in [5.74, 6) is -0.277. The number of nitrogens with one attached hydrogen (secondary N) is 1. The summed E-state index contributed by atoms with van der Waals surface area (Å²) in [7, 11) is 0. The molecule has 3 atom stereocenters. The molecule has 0 aliphatic carbocycles. The van der Waals surface area contributed by atoms with Crippen LogP contribution in [0.2, 0.25) is 0 Å². The lowest BCUT2D eigenvalue weighted by atomic mass is 9.82. The van der Waals surface area contributed by atoms with Crippen LogP contribution < -0.4 is 11.1 Å². The number of hydrogen-bond acceptors (Lipinski definition) is 4. The summed E-state index contributed by atoms with van der Waals surface area (Å²) in [6.07, 6.45) is 2.11. The van der Waals surface area contributed by atoms with Crippen molar-refractivity contribution in [2.75, 3.05) is 12.3 Å². The van der Waals surface area contributed by atoms with E-state index >= 15 is 0 Å². The Balaban J connectivity index is 2.14. The molecule has 1 unspecified atom stereocenters. The first-order valence-corrected chi connectivity index (χ1v) is 8.40. The second-order valence-electron chi connectivity index (χ2n) is 5.98. The van der Waals surface area contributed by atoms with Crippen molar-refractivity contribution in [2.45, 2.75) is 32.2 Å². The lowest BCUT2D eigenvalue weighted by molar-refractivity contribution is -0.131. The van der Waals surface area contributed by atoms with E-state index in [0.717, 1.165) is 12.0 Å². The number of nitrogens with two attached hydrogens (primary N) is 1. The average Bonchev–Trinajstić information content (AvgIpc) is 2.68. The fraction of sp³-hybridized carbons (Fsp3) is 0.529. The van der Waals surface area contributed by atoms with Gasteiger partial charge >= 0.3 is 0 Å². The molecular formula is C17H24N2O2S. The number of Topliss-reactive ketones (excluding diaryl/α,β-unsaturated/α-hetero) is 1. The molecule has 1 fully saturated rings. The van der Waals surface area contributed by atoms with Crippen molar-refractivity contribution in [3.05, 3.63) is 35.4 Å². The first-order chi connectivity index (χ1) is 10.5. The van der Waals surface area contributed by atoms with E-state index in [1.807, 2.05) is 31.2 Å². The molecule has 1 amide bonds.